The van der Waals surface area contributed by atoms with Crippen molar-refractivity contribution in [2.24, 2.45) is 0 Å². The maximum atomic E-state index is 13.5. The molecular weight excluding hydrogens is 364 g/mol. The van der Waals surface area contributed by atoms with Gasteiger partial charge in [0.25, 0.3) is 5.91 Å². The van der Waals surface area contributed by atoms with E-state index in [1.54, 1.807) is 6.20 Å². The second-order valence-electron chi connectivity index (χ2n) is 8.11. The molecule has 0 radical (unpaired) electrons. The van der Waals surface area contributed by atoms with Crippen molar-refractivity contribution in [1.29, 1.82) is 0 Å². The van der Waals surface area contributed by atoms with Crippen LogP contribution in [0.3, 0.4) is 0 Å². The van der Waals surface area contributed by atoms with Crippen molar-refractivity contribution in [3.05, 3.63) is 66.0 Å². The molecule has 4 rings (SSSR count). The molecule has 152 valence electrons. The topological polar surface area (TPSA) is 56.8 Å². The number of pyridine rings is 1. The molecular formula is C23H28N4O2. The molecule has 0 N–H and O–H groups in total. The number of nitrogens with zero attached hydrogens (tertiary/aromatic N) is 4. The van der Waals surface area contributed by atoms with E-state index in [4.69, 9.17) is 0 Å². The molecule has 0 saturated carbocycles. The predicted molar refractivity (Wildman–Crippen MR) is 111 cm³/mol. The first-order valence-electron chi connectivity index (χ1n) is 10.4. The Bertz CT molecular complexity index is 848. The van der Waals surface area contributed by atoms with E-state index in [1.807, 2.05) is 53.6 Å². The number of carbonyl (C=O) groups is 2. The Kier molecular flexibility index (Phi) is 5.62. The Morgan fingerprint density at radius 2 is 1.72 bits per heavy atom. The number of likely N-dealkylation sites (tertiary alicyclic amines) is 1. The van der Waals surface area contributed by atoms with Gasteiger partial charge in [0.15, 0.2) is 0 Å². The van der Waals surface area contributed by atoms with Crippen molar-refractivity contribution in [2.45, 2.75) is 37.8 Å². The molecule has 3 amide bonds. The molecule has 2 aromatic rings. The molecule has 3 heterocycles. The summed E-state index contributed by atoms with van der Waals surface area (Å²) in [6.07, 6.45) is 6.54. The standard InChI is InChI=1S/C23H28N4O2/c1-25-15-11-23(12-16-25)21(28)26(14-6-10-19-9-5-13-24-17-19)22(29)27(23)18-20-7-3-2-4-8-20/h2-5,7-9,13,17H,6,10-12,14-16,18H2,1H3. The molecule has 0 atom stereocenters. The quantitative estimate of drug-likeness (QED) is 0.710. The number of rotatable bonds is 6. The van der Waals surface area contributed by atoms with Crippen LogP contribution in [0.2, 0.25) is 0 Å². The predicted octanol–water partition coefficient (Wildman–Crippen LogP) is 2.94. The maximum Gasteiger partial charge on any atom is 0.327 e. The lowest BCUT2D eigenvalue weighted by Crippen LogP contribution is -2.55. The Hall–Kier alpha value is -2.73. The molecule has 1 aromatic carbocycles. The zero-order valence-electron chi connectivity index (χ0n) is 17.0. The van der Waals surface area contributed by atoms with E-state index in [-0.39, 0.29) is 11.9 Å². The number of benzene rings is 1. The third-order valence-electron chi connectivity index (χ3n) is 6.19. The van der Waals surface area contributed by atoms with Crippen LogP contribution in [-0.2, 0) is 17.8 Å². The van der Waals surface area contributed by atoms with Crippen molar-refractivity contribution in [3.63, 3.8) is 0 Å². The molecule has 0 bridgehead atoms. The molecule has 6 nitrogen and oxygen atoms in total. The van der Waals surface area contributed by atoms with Crippen molar-refractivity contribution in [2.75, 3.05) is 26.7 Å². The fourth-order valence-electron chi connectivity index (χ4n) is 4.42. The van der Waals surface area contributed by atoms with Crippen molar-refractivity contribution in [1.82, 2.24) is 19.7 Å². The van der Waals surface area contributed by atoms with Crippen LogP contribution in [0.1, 0.15) is 30.4 Å². The zero-order valence-corrected chi connectivity index (χ0v) is 17.0. The Morgan fingerprint density at radius 1 is 1.00 bits per heavy atom. The van der Waals surface area contributed by atoms with Gasteiger partial charge < -0.3 is 9.80 Å². The van der Waals surface area contributed by atoms with E-state index in [1.165, 1.54) is 4.90 Å². The molecule has 6 heteroatoms. The van der Waals surface area contributed by atoms with E-state index in [9.17, 15) is 9.59 Å². The van der Waals surface area contributed by atoms with Crippen LogP contribution in [0, 0.1) is 0 Å². The number of carbonyl (C=O) groups excluding carboxylic acids is 2. The minimum atomic E-state index is -0.701. The lowest BCUT2D eigenvalue weighted by molar-refractivity contribution is -0.135. The van der Waals surface area contributed by atoms with Crippen molar-refractivity contribution >= 4 is 11.9 Å². The number of hydrogen-bond donors (Lipinski definition) is 0. The number of amides is 3. The van der Waals surface area contributed by atoms with Crippen molar-refractivity contribution in [3.8, 4) is 0 Å². The van der Waals surface area contributed by atoms with Crippen molar-refractivity contribution < 1.29 is 9.59 Å². The minimum Gasteiger partial charge on any atom is -0.306 e. The van der Waals surface area contributed by atoms with Crippen LogP contribution in [0.15, 0.2) is 54.9 Å². The van der Waals surface area contributed by atoms with Gasteiger partial charge in [0.2, 0.25) is 0 Å². The average Bonchev–Trinajstić information content (AvgIpc) is 2.94. The molecule has 0 aliphatic carbocycles. The van der Waals surface area contributed by atoms with Crippen LogP contribution in [0.4, 0.5) is 4.79 Å². The van der Waals surface area contributed by atoms with Gasteiger partial charge in [0.1, 0.15) is 5.54 Å². The number of piperidine rings is 1. The van der Waals surface area contributed by atoms with Gasteiger partial charge in [0, 0.05) is 38.6 Å². The molecule has 1 spiro atoms. The van der Waals surface area contributed by atoms with E-state index < -0.39 is 5.54 Å². The highest BCUT2D eigenvalue weighted by molar-refractivity contribution is 6.07. The van der Waals surface area contributed by atoms with Crippen LogP contribution in [0.5, 0.6) is 0 Å². The zero-order chi connectivity index (χ0) is 20.3. The van der Waals surface area contributed by atoms with E-state index in [2.05, 4.69) is 16.9 Å². The van der Waals surface area contributed by atoms with Gasteiger partial charge in [-0.15, -0.1) is 0 Å². The van der Waals surface area contributed by atoms with E-state index >= 15 is 0 Å². The van der Waals surface area contributed by atoms with Gasteiger partial charge in [-0.2, -0.15) is 0 Å². The highest BCUT2D eigenvalue weighted by Crippen LogP contribution is 2.38. The van der Waals surface area contributed by atoms with Gasteiger partial charge in [0.05, 0.1) is 0 Å². The van der Waals surface area contributed by atoms with Crippen LogP contribution in [-0.4, -0.2) is 63.8 Å². The fraction of sp³-hybridized carbons (Fsp3) is 0.435. The second kappa shape index (κ2) is 8.33. The maximum absolute atomic E-state index is 13.5. The van der Waals surface area contributed by atoms with Gasteiger partial charge in [-0.1, -0.05) is 36.4 Å². The SMILES string of the molecule is CN1CCC2(CC1)C(=O)N(CCCc1cccnc1)C(=O)N2Cc1ccccc1. The Balaban J connectivity index is 1.52. The molecule has 2 aliphatic heterocycles. The van der Waals surface area contributed by atoms with Gasteiger partial charge in [-0.25, -0.2) is 4.79 Å². The molecule has 0 unspecified atom stereocenters. The van der Waals surface area contributed by atoms with E-state index in [0.717, 1.165) is 37.1 Å². The highest BCUT2D eigenvalue weighted by Gasteiger charge is 2.57. The van der Waals surface area contributed by atoms with Gasteiger partial charge in [-0.05, 0) is 49.9 Å². The average molecular weight is 393 g/mol. The summed E-state index contributed by atoms with van der Waals surface area (Å²) in [7, 11) is 2.07. The lowest BCUT2D eigenvalue weighted by atomic mass is 9.85. The molecule has 2 saturated heterocycles. The first-order chi connectivity index (χ1) is 14.1. The summed E-state index contributed by atoms with van der Waals surface area (Å²) >= 11 is 0. The van der Waals surface area contributed by atoms with Crippen LogP contribution in [0.25, 0.3) is 0 Å². The summed E-state index contributed by atoms with van der Waals surface area (Å²) in [5.41, 5.74) is 1.49. The summed E-state index contributed by atoms with van der Waals surface area (Å²) < 4.78 is 0. The second-order valence-corrected chi connectivity index (χ2v) is 8.11. The number of urea groups is 1. The largest absolute Gasteiger partial charge is 0.327 e. The van der Waals surface area contributed by atoms with Gasteiger partial charge >= 0.3 is 6.03 Å². The van der Waals surface area contributed by atoms with Crippen LogP contribution >= 0.6 is 0 Å². The number of hydrogen-bond acceptors (Lipinski definition) is 4. The molecule has 1 aromatic heterocycles. The highest BCUT2D eigenvalue weighted by atomic mass is 16.2. The minimum absolute atomic E-state index is 0.0160. The monoisotopic (exact) mass is 392 g/mol. The van der Waals surface area contributed by atoms with Gasteiger partial charge in [-0.3, -0.25) is 14.7 Å². The Morgan fingerprint density at radius 3 is 2.41 bits per heavy atom. The Labute approximate surface area is 172 Å². The summed E-state index contributed by atoms with van der Waals surface area (Å²) in [6.45, 7) is 2.59. The molecule has 29 heavy (non-hydrogen) atoms. The smallest absolute Gasteiger partial charge is 0.306 e. The number of imide groups is 1. The first kappa shape index (κ1) is 19.6. The third-order valence-corrected chi connectivity index (χ3v) is 6.19. The summed E-state index contributed by atoms with van der Waals surface area (Å²) in [5, 5.41) is 0. The molecule has 2 aliphatic rings. The van der Waals surface area contributed by atoms with Crippen LogP contribution < -0.4 is 0 Å². The number of aromatic nitrogens is 1. The normalized spacial score (nSPS) is 19.3. The van der Waals surface area contributed by atoms with E-state index in [0.29, 0.717) is 25.9 Å². The molecule has 2 fully saturated rings. The first-order valence-corrected chi connectivity index (χ1v) is 10.4. The lowest BCUT2D eigenvalue weighted by Gasteiger charge is -2.41. The number of aryl methyl sites for hydroxylation is 1. The third kappa shape index (κ3) is 3.90. The summed E-state index contributed by atoms with van der Waals surface area (Å²) in [5.74, 6) is -0.0160. The summed E-state index contributed by atoms with van der Waals surface area (Å²) in [6, 6.07) is 13.8. The fourth-order valence-corrected chi connectivity index (χ4v) is 4.42. The summed E-state index contributed by atoms with van der Waals surface area (Å²) in [4.78, 5) is 36.5.